The molecule has 2 heterocycles. The quantitative estimate of drug-likeness (QED) is 0.781. The van der Waals surface area contributed by atoms with Crippen molar-refractivity contribution in [3.05, 3.63) is 50.1 Å². The van der Waals surface area contributed by atoms with Gasteiger partial charge in [-0.2, -0.15) is 0 Å². The summed E-state index contributed by atoms with van der Waals surface area (Å²) in [5.74, 6) is 0. The average molecular weight is 365 g/mol. The second-order valence-corrected chi connectivity index (χ2v) is 7.41. The van der Waals surface area contributed by atoms with Gasteiger partial charge in [0.1, 0.15) is 0 Å². The minimum atomic E-state index is 0.948. The minimum Gasteiger partial charge on any atom is -0.367 e. The lowest BCUT2D eigenvalue weighted by Crippen LogP contribution is -2.30. The van der Waals surface area contributed by atoms with Crippen LogP contribution in [0.4, 0.5) is 5.69 Å². The molecule has 0 bridgehead atoms. The Hall–Kier alpha value is -0.840. The molecule has 1 aliphatic rings. The standard InChI is InChI=1S/C17H21BrN2S/c1-2-7-19-11-13-3-4-15(18)10-16(13)20-8-5-17-14(12-20)6-9-21-17/h3-4,6,9-10,19H,2,5,7-8,11-12H2,1H3. The van der Waals surface area contributed by atoms with Gasteiger partial charge in [-0.25, -0.2) is 0 Å². The Morgan fingerprint density at radius 2 is 2.24 bits per heavy atom. The van der Waals surface area contributed by atoms with E-state index < -0.39 is 0 Å². The van der Waals surface area contributed by atoms with Gasteiger partial charge >= 0.3 is 0 Å². The number of thiophene rings is 1. The maximum absolute atomic E-state index is 3.62. The molecule has 0 unspecified atom stereocenters. The van der Waals surface area contributed by atoms with Crippen molar-refractivity contribution in [2.45, 2.75) is 32.9 Å². The zero-order valence-electron chi connectivity index (χ0n) is 12.4. The van der Waals surface area contributed by atoms with Crippen LogP contribution in [0.1, 0.15) is 29.3 Å². The van der Waals surface area contributed by atoms with E-state index in [9.17, 15) is 0 Å². The molecule has 0 radical (unpaired) electrons. The van der Waals surface area contributed by atoms with Crippen molar-refractivity contribution in [1.82, 2.24) is 5.32 Å². The van der Waals surface area contributed by atoms with Gasteiger partial charge in [0.25, 0.3) is 0 Å². The molecule has 0 saturated heterocycles. The normalized spacial score (nSPS) is 14.3. The number of halogens is 1. The second kappa shape index (κ2) is 6.95. The first-order valence-corrected chi connectivity index (χ1v) is 9.24. The molecule has 2 nitrogen and oxygen atoms in total. The summed E-state index contributed by atoms with van der Waals surface area (Å²) in [6.45, 7) is 6.38. The number of fused-ring (bicyclic) bond motifs is 1. The first kappa shape index (κ1) is 15.1. The fourth-order valence-corrected chi connectivity index (χ4v) is 4.07. The van der Waals surface area contributed by atoms with E-state index in [1.54, 1.807) is 4.88 Å². The van der Waals surface area contributed by atoms with Crippen molar-refractivity contribution < 1.29 is 0 Å². The largest absolute Gasteiger partial charge is 0.367 e. The van der Waals surface area contributed by atoms with Crippen molar-refractivity contribution in [2.24, 2.45) is 0 Å². The van der Waals surface area contributed by atoms with E-state index in [1.807, 2.05) is 11.3 Å². The summed E-state index contributed by atoms with van der Waals surface area (Å²) in [7, 11) is 0. The Kier molecular flexibility index (Phi) is 4.99. The number of benzene rings is 1. The predicted molar refractivity (Wildman–Crippen MR) is 95.2 cm³/mol. The number of anilines is 1. The smallest absolute Gasteiger partial charge is 0.0440 e. The number of nitrogens with one attached hydrogen (secondary N) is 1. The van der Waals surface area contributed by atoms with Gasteiger partial charge in [-0.05, 0) is 54.1 Å². The van der Waals surface area contributed by atoms with Crippen LogP contribution in [0.25, 0.3) is 0 Å². The van der Waals surface area contributed by atoms with Crippen molar-refractivity contribution >= 4 is 33.0 Å². The number of nitrogens with zero attached hydrogens (tertiary/aromatic N) is 1. The molecule has 2 aromatic rings. The van der Waals surface area contributed by atoms with Crippen LogP contribution in [0.5, 0.6) is 0 Å². The summed E-state index contributed by atoms with van der Waals surface area (Å²) < 4.78 is 1.16. The summed E-state index contributed by atoms with van der Waals surface area (Å²) >= 11 is 5.52. The lowest BCUT2D eigenvalue weighted by molar-refractivity contribution is 0.668. The fraction of sp³-hybridized carbons (Fsp3) is 0.412. The predicted octanol–water partition coefficient (Wildman–Crippen LogP) is 4.57. The summed E-state index contributed by atoms with van der Waals surface area (Å²) in [4.78, 5) is 4.08. The molecule has 0 saturated carbocycles. The topological polar surface area (TPSA) is 15.3 Å². The Morgan fingerprint density at radius 3 is 3.10 bits per heavy atom. The Bertz CT molecular complexity index is 609. The van der Waals surface area contributed by atoms with Gasteiger partial charge < -0.3 is 10.2 Å². The molecule has 0 amide bonds. The second-order valence-electron chi connectivity index (χ2n) is 5.49. The molecule has 1 aliphatic heterocycles. The van der Waals surface area contributed by atoms with Crippen molar-refractivity contribution in [3.8, 4) is 0 Å². The third kappa shape index (κ3) is 3.50. The number of hydrogen-bond donors (Lipinski definition) is 1. The number of hydrogen-bond acceptors (Lipinski definition) is 3. The third-order valence-corrected chi connectivity index (χ3v) is 5.45. The molecular weight excluding hydrogens is 344 g/mol. The van der Waals surface area contributed by atoms with E-state index in [0.29, 0.717) is 0 Å². The molecule has 3 rings (SSSR count). The molecule has 112 valence electrons. The molecular formula is C17H21BrN2S. The van der Waals surface area contributed by atoms with Crippen LogP contribution in [-0.4, -0.2) is 13.1 Å². The first-order chi connectivity index (χ1) is 10.3. The van der Waals surface area contributed by atoms with Gasteiger partial charge in [0.15, 0.2) is 0 Å². The van der Waals surface area contributed by atoms with Crippen LogP contribution in [0, 0.1) is 0 Å². The molecule has 4 heteroatoms. The highest BCUT2D eigenvalue weighted by atomic mass is 79.9. The summed E-state index contributed by atoms with van der Waals surface area (Å²) in [5.41, 5.74) is 4.26. The van der Waals surface area contributed by atoms with Crippen molar-refractivity contribution in [3.63, 3.8) is 0 Å². The van der Waals surface area contributed by atoms with E-state index >= 15 is 0 Å². The van der Waals surface area contributed by atoms with E-state index in [-0.39, 0.29) is 0 Å². The zero-order valence-corrected chi connectivity index (χ0v) is 14.8. The SMILES string of the molecule is CCCNCc1ccc(Br)cc1N1CCc2sccc2C1. The van der Waals surface area contributed by atoms with E-state index in [0.717, 1.165) is 30.7 Å². The molecule has 0 fully saturated rings. The van der Waals surface area contributed by atoms with Gasteiger partial charge in [0.2, 0.25) is 0 Å². The highest BCUT2D eigenvalue weighted by molar-refractivity contribution is 9.10. The molecule has 1 aromatic heterocycles. The van der Waals surface area contributed by atoms with Crippen molar-refractivity contribution in [1.29, 1.82) is 0 Å². The van der Waals surface area contributed by atoms with Crippen LogP contribution in [0.15, 0.2) is 34.1 Å². The third-order valence-electron chi connectivity index (χ3n) is 3.94. The monoisotopic (exact) mass is 364 g/mol. The van der Waals surface area contributed by atoms with Gasteiger partial charge in [-0.3, -0.25) is 0 Å². The fourth-order valence-electron chi connectivity index (χ4n) is 2.83. The van der Waals surface area contributed by atoms with Gasteiger partial charge in [-0.15, -0.1) is 11.3 Å². The van der Waals surface area contributed by atoms with Gasteiger partial charge in [-0.1, -0.05) is 28.9 Å². The molecule has 0 atom stereocenters. The van der Waals surface area contributed by atoms with E-state index in [1.165, 1.54) is 29.7 Å². The van der Waals surface area contributed by atoms with Gasteiger partial charge in [0, 0.05) is 34.7 Å². The molecule has 1 N–H and O–H groups in total. The molecule has 1 aromatic carbocycles. The molecule has 21 heavy (non-hydrogen) atoms. The van der Waals surface area contributed by atoms with E-state index in [2.05, 4.69) is 62.7 Å². The highest BCUT2D eigenvalue weighted by Gasteiger charge is 2.19. The van der Waals surface area contributed by atoms with Gasteiger partial charge in [0.05, 0.1) is 0 Å². The Labute approximate surface area is 139 Å². The van der Waals surface area contributed by atoms with Crippen LogP contribution in [0.2, 0.25) is 0 Å². The summed E-state index contributed by atoms with van der Waals surface area (Å²) in [5, 5.41) is 5.75. The average Bonchev–Trinajstić information content (AvgIpc) is 2.96. The summed E-state index contributed by atoms with van der Waals surface area (Å²) in [6, 6.07) is 8.93. The zero-order chi connectivity index (χ0) is 14.7. The first-order valence-electron chi connectivity index (χ1n) is 7.57. The lowest BCUT2D eigenvalue weighted by Gasteiger charge is -2.31. The van der Waals surface area contributed by atoms with Crippen LogP contribution in [0.3, 0.4) is 0 Å². The minimum absolute atomic E-state index is 0.948. The Morgan fingerprint density at radius 1 is 1.33 bits per heavy atom. The van der Waals surface area contributed by atoms with E-state index in [4.69, 9.17) is 0 Å². The van der Waals surface area contributed by atoms with Crippen LogP contribution < -0.4 is 10.2 Å². The lowest BCUT2D eigenvalue weighted by atomic mass is 10.1. The Balaban J connectivity index is 1.82. The summed E-state index contributed by atoms with van der Waals surface area (Å²) in [6.07, 6.45) is 2.34. The maximum atomic E-state index is 3.62. The van der Waals surface area contributed by atoms with Crippen LogP contribution in [-0.2, 0) is 19.5 Å². The number of rotatable bonds is 5. The highest BCUT2D eigenvalue weighted by Crippen LogP contribution is 2.31. The molecule has 0 spiro atoms. The van der Waals surface area contributed by atoms with Crippen molar-refractivity contribution in [2.75, 3.05) is 18.0 Å². The molecule has 0 aliphatic carbocycles. The maximum Gasteiger partial charge on any atom is 0.0440 e. The van der Waals surface area contributed by atoms with Crippen LogP contribution >= 0.6 is 27.3 Å².